The summed E-state index contributed by atoms with van der Waals surface area (Å²) in [7, 11) is -3.13. The molecule has 1 aromatic heterocycles. The molecule has 5 nitrogen and oxygen atoms in total. The Bertz CT molecular complexity index is 870. The lowest BCUT2D eigenvalue weighted by atomic mass is 10.1. The van der Waals surface area contributed by atoms with E-state index in [9.17, 15) is 13.2 Å². The maximum absolute atomic E-state index is 12.0. The van der Waals surface area contributed by atoms with Crippen LogP contribution >= 0.6 is 23.1 Å². The van der Waals surface area contributed by atoms with E-state index in [2.05, 4.69) is 10.3 Å². The molecule has 0 saturated carbocycles. The molecule has 0 radical (unpaired) electrons. The number of thioether (sulfide) groups is 1. The number of carbonyl (C=O) groups excluding carboxylic acids is 1. The van der Waals surface area contributed by atoms with Gasteiger partial charge in [-0.15, -0.1) is 23.1 Å². The van der Waals surface area contributed by atoms with Gasteiger partial charge in [0.25, 0.3) is 0 Å². The van der Waals surface area contributed by atoms with Gasteiger partial charge in [-0.3, -0.25) is 4.79 Å². The van der Waals surface area contributed by atoms with Crippen LogP contribution < -0.4 is 5.32 Å². The van der Waals surface area contributed by atoms with Gasteiger partial charge in [0.05, 0.1) is 11.4 Å². The van der Waals surface area contributed by atoms with Crippen molar-refractivity contribution in [2.24, 2.45) is 5.92 Å². The van der Waals surface area contributed by atoms with Gasteiger partial charge in [-0.25, -0.2) is 13.4 Å². The van der Waals surface area contributed by atoms with Crippen LogP contribution in [-0.2, 0) is 14.6 Å². The van der Waals surface area contributed by atoms with Crippen LogP contribution in [0.5, 0.6) is 0 Å². The Kier molecular flexibility index (Phi) is 5.07. The van der Waals surface area contributed by atoms with E-state index < -0.39 is 9.84 Å². The first-order valence-corrected chi connectivity index (χ1v) is 11.1. The topological polar surface area (TPSA) is 76.1 Å². The number of carbonyl (C=O) groups is 1. The van der Waals surface area contributed by atoms with Crippen LogP contribution in [-0.4, -0.2) is 31.3 Å². The summed E-state index contributed by atoms with van der Waals surface area (Å²) in [6.07, 6.45) is 3.75. The molecule has 0 saturated heterocycles. The third-order valence-electron chi connectivity index (χ3n) is 3.59. The number of benzene rings is 1. The van der Waals surface area contributed by atoms with Crippen molar-refractivity contribution in [3.8, 4) is 11.3 Å². The van der Waals surface area contributed by atoms with E-state index in [0.717, 1.165) is 11.3 Å². The van der Waals surface area contributed by atoms with Crippen molar-refractivity contribution < 1.29 is 13.2 Å². The van der Waals surface area contributed by atoms with Gasteiger partial charge in [0.15, 0.2) is 15.0 Å². The van der Waals surface area contributed by atoms with E-state index in [1.54, 1.807) is 17.8 Å². The largest absolute Gasteiger partial charge is 0.302 e. The Morgan fingerprint density at radius 3 is 2.75 bits per heavy atom. The quantitative estimate of drug-likeness (QED) is 0.805. The molecule has 3 rings (SSSR count). The number of allylic oxidation sites excluding steroid dienone is 1. The molecule has 1 unspecified atom stereocenters. The molecule has 0 bridgehead atoms. The first-order chi connectivity index (χ1) is 11.4. The monoisotopic (exact) mass is 380 g/mol. The van der Waals surface area contributed by atoms with Crippen LogP contribution in [0.3, 0.4) is 0 Å². The summed E-state index contributed by atoms with van der Waals surface area (Å²) in [4.78, 5) is 17.6. The molecule has 1 aromatic carbocycles. The van der Waals surface area contributed by atoms with Crippen LogP contribution in [0.15, 0.2) is 46.0 Å². The van der Waals surface area contributed by atoms with E-state index in [1.165, 1.54) is 21.6 Å². The molecule has 1 aliphatic heterocycles. The third-order valence-corrected chi connectivity index (χ3v) is 6.55. The molecule has 126 valence electrons. The average molecular weight is 381 g/mol. The van der Waals surface area contributed by atoms with Gasteiger partial charge in [0.1, 0.15) is 0 Å². The fraction of sp³-hybridized carbons (Fsp3) is 0.250. The fourth-order valence-electron chi connectivity index (χ4n) is 2.40. The smallest absolute Gasteiger partial charge is 0.226 e. The predicted molar refractivity (Wildman–Crippen MR) is 99.0 cm³/mol. The number of nitrogens with zero attached hydrogens (tertiary/aromatic N) is 1. The number of aromatic nitrogens is 1. The van der Waals surface area contributed by atoms with E-state index in [1.807, 2.05) is 35.9 Å². The number of amides is 1. The second kappa shape index (κ2) is 7.08. The van der Waals surface area contributed by atoms with E-state index in [0.29, 0.717) is 5.13 Å². The average Bonchev–Trinajstić information content (AvgIpc) is 3.14. The molecule has 0 fully saturated rings. The highest BCUT2D eigenvalue weighted by molar-refractivity contribution is 7.98. The number of hydrogen-bond donors (Lipinski definition) is 1. The Morgan fingerprint density at radius 1 is 1.38 bits per heavy atom. The van der Waals surface area contributed by atoms with Crippen LogP contribution in [0.1, 0.15) is 6.42 Å². The van der Waals surface area contributed by atoms with Crippen molar-refractivity contribution in [1.82, 2.24) is 4.98 Å². The molecule has 1 aliphatic rings. The van der Waals surface area contributed by atoms with Gasteiger partial charge in [-0.05, 0) is 18.4 Å². The predicted octanol–water partition coefficient (Wildman–Crippen LogP) is 3.42. The second-order valence-corrected chi connectivity index (χ2v) is 9.11. The number of thiazole rings is 1. The lowest BCUT2D eigenvalue weighted by Crippen LogP contribution is -2.17. The normalized spacial score (nSPS) is 18.6. The van der Waals surface area contributed by atoms with Crippen molar-refractivity contribution in [3.63, 3.8) is 0 Å². The van der Waals surface area contributed by atoms with Crippen molar-refractivity contribution in [1.29, 1.82) is 0 Å². The molecule has 0 aliphatic carbocycles. The van der Waals surface area contributed by atoms with Crippen LogP contribution in [0.25, 0.3) is 11.3 Å². The van der Waals surface area contributed by atoms with Crippen LogP contribution in [0, 0.1) is 5.92 Å². The highest BCUT2D eigenvalue weighted by Gasteiger charge is 2.24. The summed E-state index contributed by atoms with van der Waals surface area (Å²) in [6.45, 7) is 0. The molecule has 1 amide bonds. The number of hydrogen-bond acceptors (Lipinski definition) is 6. The molecule has 1 atom stereocenters. The summed E-state index contributed by atoms with van der Waals surface area (Å²) >= 11 is 3.03. The summed E-state index contributed by atoms with van der Waals surface area (Å²) in [6, 6.07) is 8.07. The molecule has 8 heteroatoms. The summed E-state index contributed by atoms with van der Waals surface area (Å²) in [5, 5.41) is 6.34. The minimum absolute atomic E-state index is 0.00529. The SMILES string of the molecule is CSc1ccc(-c2csc(NC(=O)CC3C=CS(=O)(=O)C3)n2)cc1. The maximum Gasteiger partial charge on any atom is 0.226 e. The molecule has 0 spiro atoms. The molecule has 2 aromatic rings. The van der Waals surface area contributed by atoms with E-state index in [4.69, 9.17) is 0 Å². The third kappa shape index (κ3) is 4.25. The lowest BCUT2D eigenvalue weighted by Gasteiger charge is -2.05. The van der Waals surface area contributed by atoms with Gasteiger partial charge >= 0.3 is 0 Å². The first kappa shape index (κ1) is 17.2. The van der Waals surface area contributed by atoms with Crippen molar-refractivity contribution in [3.05, 3.63) is 41.1 Å². The van der Waals surface area contributed by atoms with Gasteiger partial charge in [0.2, 0.25) is 5.91 Å². The second-order valence-electron chi connectivity index (χ2n) is 5.44. The Balaban J connectivity index is 1.61. The number of nitrogens with one attached hydrogen (secondary N) is 1. The minimum Gasteiger partial charge on any atom is -0.302 e. The summed E-state index contributed by atoms with van der Waals surface area (Å²) < 4.78 is 22.7. The fourth-order valence-corrected chi connectivity index (χ4v) is 4.94. The lowest BCUT2D eigenvalue weighted by molar-refractivity contribution is -0.116. The maximum atomic E-state index is 12.0. The standard InChI is InChI=1S/C16H16N2O3S3/c1-22-13-4-2-12(3-5-13)14-9-23-16(17-14)18-15(19)8-11-6-7-24(20,21)10-11/h2-7,9,11H,8,10H2,1H3,(H,17,18,19). The Morgan fingerprint density at radius 2 is 2.12 bits per heavy atom. The first-order valence-electron chi connectivity index (χ1n) is 7.26. The zero-order valence-electron chi connectivity index (χ0n) is 12.9. The number of sulfone groups is 1. The van der Waals surface area contributed by atoms with E-state index in [-0.39, 0.29) is 24.0 Å². The zero-order chi connectivity index (χ0) is 17.2. The van der Waals surface area contributed by atoms with Crippen LogP contribution in [0.2, 0.25) is 0 Å². The number of anilines is 1. The summed E-state index contributed by atoms with van der Waals surface area (Å²) in [5.41, 5.74) is 1.81. The highest BCUT2D eigenvalue weighted by atomic mass is 32.2. The van der Waals surface area contributed by atoms with Gasteiger partial charge in [-0.1, -0.05) is 18.2 Å². The molecule has 24 heavy (non-hydrogen) atoms. The minimum atomic E-state index is -3.13. The van der Waals surface area contributed by atoms with Crippen LogP contribution in [0.4, 0.5) is 5.13 Å². The Hall–Kier alpha value is -1.64. The number of rotatable bonds is 5. The van der Waals surface area contributed by atoms with Gasteiger partial charge in [0, 0.05) is 33.6 Å². The van der Waals surface area contributed by atoms with Gasteiger partial charge < -0.3 is 5.32 Å². The van der Waals surface area contributed by atoms with Crippen molar-refractivity contribution >= 4 is 44.0 Å². The van der Waals surface area contributed by atoms with Crippen molar-refractivity contribution in [2.45, 2.75) is 11.3 Å². The Labute approximate surface area is 149 Å². The molecule has 2 heterocycles. The molecular formula is C16H16N2O3S3. The summed E-state index contributed by atoms with van der Waals surface area (Å²) in [5.74, 6) is -0.473. The molecule has 1 N–H and O–H groups in total. The molecular weight excluding hydrogens is 364 g/mol. The zero-order valence-corrected chi connectivity index (χ0v) is 15.4. The van der Waals surface area contributed by atoms with E-state index >= 15 is 0 Å². The highest BCUT2D eigenvalue weighted by Crippen LogP contribution is 2.27. The van der Waals surface area contributed by atoms with Gasteiger partial charge in [-0.2, -0.15) is 0 Å². The van der Waals surface area contributed by atoms with Crippen molar-refractivity contribution in [2.75, 3.05) is 17.3 Å².